The highest BCUT2D eigenvalue weighted by atomic mass is 32.2. The molecule has 3 aliphatic rings. The lowest BCUT2D eigenvalue weighted by atomic mass is 9.87. The molecule has 3 saturated heterocycles. The van der Waals surface area contributed by atoms with E-state index in [9.17, 15) is 4.79 Å². The quantitative estimate of drug-likeness (QED) is 0.746. The Kier molecular flexibility index (Phi) is 7.46. The maximum absolute atomic E-state index is 12.9. The molecule has 3 aliphatic heterocycles. The Hall–Kier alpha value is -1.73. The Morgan fingerprint density at radius 2 is 1.83 bits per heavy atom. The van der Waals surface area contributed by atoms with Gasteiger partial charge in [0.2, 0.25) is 0 Å². The molecule has 4 rings (SSSR count). The molecule has 2 amide bonds. The zero-order valence-electron chi connectivity index (χ0n) is 17.7. The van der Waals surface area contributed by atoms with Crippen molar-refractivity contribution in [1.82, 2.24) is 14.7 Å². The second kappa shape index (κ2) is 9.85. The van der Waals surface area contributed by atoms with Crippen molar-refractivity contribution < 1.29 is 14.7 Å². The highest BCUT2D eigenvalue weighted by Crippen LogP contribution is 2.47. The van der Waals surface area contributed by atoms with Crippen LogP contribution < -0.4 is 0 Å². The molecule has 1 aromatic carbocycles. The van der Waals surface area contributed by atoms with Crippen LogP contribution in [0.25, 0.3) is 0 Å². The van der Waals surface area contributed by atoms with Crippen LogP contribution in [0.1, 0.15) is 30.0 Å². The van der Waals surface area contributed by atoms with Gasteiger partial charge in [-0.2, -0.15) is 11.8 Å². The molecule has 160 valence electrons. The number of likely N-dealkylation sites (tertiary alicyclic amines) is 2. The number of carbonyl (C=O) groups excluding carboxylic acids is 1. The second-order valence-electron chi connectivity index (χ2n) is 8.46. The third-order valence-electron chi connectivity index (χ3n) is 6.53. The number of rotatable bonds is 2. The first-order valence-corrected chi connectivity index (χ1v) is 11.6. The fraction of sp³-hybridized carbons (Fsp3) is 0.636. The predicted octanol–water partition coefficient (Wildman–Crippen LogP) is 3.18. The van der Waals surface area contributed by atoms with Gasteiger partial charge in [0.15, 0.2) is 0 Å². The standard InChI is InChI=1S/C21H31N3OS.CH2O2/c1-15-6-4-5-7-18(15)20-19-14-23(17-8-10-26-11-9-17)12-16(19)13-24(20)21(25)22(2)3;2-1-3/h4-7,16-17,19-20H,8-14H2,1-3H3;1H,(H,2,3)/t16-,19-,20+;/m1./s1. The third kappa shape index (κ3) is 4.72. The molecule has 3 atom stereocenters. The van der Waals surface area contributed by atoms with Crippen molar-refractivity contribution >= 4 is 24.3 Å². The van der Waals surface area contributed by atoms with E-state index in [2.05, 4.69) is 52.8 Å². The van der Waals surface area contributed by atoms with Crippen molar-refractivity contribution in [3.05, 3.63) is 35.4 Å². The van der Waals surface area contributed by atoms with Crippen molar-refractivity contribution in [2.24, 2.45) is 11.8 Å². The fourth-order valence-electron chi connectivity index (χ4n) is 5.20. The Morgan fingerprint density at radius 3 is 2.45 bits per heavy atom. The first-order valence-electron chi connectivity index (χ1n) is 10.4. The number of carboxylic acid groups (broad SMARTS) is 1. The van der Waals surface area contributed by atoms with Gasteiger partial charge in [-0.15, -0.1) is 0 Å². The van der Waals surface area contributed by atoms with E-state index in [1.807, 2.05) is 14.1 Å². The van der Waals surface area contributed by atoms with Gasteiger partial charge in [0.05, 0.1) is 6.04 Å². The molecule has 1 aromatic rings. The Morgan fingerprint density at radius 1 is 1.17 bits per heavy atom. The normalized spacial score (nSPS) is 27.1. The zero-order valence-corrected chi connectivity index (χ0v) is 18.5. The molecular weight excluding hydrogens is 386 g/mol. The van der Waals surface area contributed by atoms with Crippen molar-refractivity contribution in [3.63, 3.8) is 0 Å². The van der Waals surface area contributed by atoms with Crippen LogP contribution in [0, 0.1) is 18.8 Å². The zero-order chi connectivity index (χ0) is 21.0. The molecule has 0 aromatic heterocycles. The largest absolute Gasteiger partial charge is 0.483 e. The summed E-state index contributed by atoms with van der Waals surface area (Å²) in [5, 5.41) is 6.89. The lowest BCUT2D eigenvalue weighted by Crippen LogP contribution is -2.43. The molecule has 7 heteroatoms. The smallest absolute Gasteiger partial charge is 0.320 e. The molecule has 0 saturated carbocycles. The summed E-state index contributed by atoms with van der Waals surface area (Å²) in [7, 11) is 3.74. The fourth-order valence-corrected chi connectivity index (χ4v) is 6.28. The van der Waals surface area contributed by atoms with Gasteiger partial charge in [-0.05, 0) is 48.3 Å². The predicted molar refractivity (Wildman–Crippen MR) is 117 cm³/mol. The molecule has 29 heavy (non-hydrogen) atoms. The number of hydrogen-bond acceptors (Lipinski definition) is 4. The van der Waals surface area contributed by atoms with Crippen LogP contribution in [0.4, 0.5) is 4.79 Å². The lowest BCUT2D eigenvalue weighted by Gasteiger charge is -2.35. The average Bonchev–Trinajstić information content (AvgIpc) is 3.27. The van der Waals surface area contributed by atoms with Gasteiger partial charge in [-0.25, -0.2) is 4.79 Å². The highest BCUT2D eigenvalue weighted by Gasteiger charge is 2.50. The summed E-state index contributed by atoms with van der Waals surface area (Å²) < 4.78 is 0. The maximum atomic E-state index is 12.9. The van der Waals surface area contributed by atoms with Crippen LogP contribution in [-0.2, 0) is 4.79 Å². The Labute approximate surface area is 178 Å². The van der Waals surface area contributed by atoms with Gasteiger partial charge < -0.3 is 14.9 Å². The monoisotopic (exact) mass is 419 g/mol. The van der Waals surface area contributed by atoms with Gasteiger partial charge in [-0.3, -0.25) is 9.69 Å². The molecule has 1 N–H and O–H groups in total. The molecule has 0 unspecified atom stereocenters. The summed E-state index contributed by atoms with van der Waals surface area (Å²) in [6.45, 7) is 5.15. The molecule has 3 heterocycles. The summed E-state index contributed by atoms with van der Waals surface area (Å²) in [6, 6.07) is 9.79. The van der Waals surface area contributed by atoms with Crippen LogP contribution in [0.5, 0.6) is 0 Å². The van der Waals surface area contributed by atoms with E-state index < -0.39 is 0 Å². The van der Waals surface area contributed by atoms with E-state index in [-0.39, 0.29) is 18.5 Å². The lowest BCUT2D eigenvalue weighted by molar-refractivity contribution is -0.122. The average molecular weight is 420 g/mol. The minimum absolute atomic E-state index is 0.160. The van der Waals surface area contributed by atoms with Crippen molar-refractivity contribution in [1.29, 1.82) is 0 Å². The Bertz CT molecular complexity index is 708. The summed E-state index contributed by atoms with van der Waals surface area (Å²) in [5.41, 5.74) is 2.65. The van der Waals surface area contributed by atoms with Crippen LogP contribution in [-0.4, -0.2) is 83.6 Å². The van der Waals surface area contributed by atoms with Gasteiger partial charge in [0.25, 0.3) is 6.47 Å². The van der Waals surface area contributed by atoms with E-state index in [0.717, 1.165) is 19.1 Å². The van der Waals surface area contributed by atoms with E-state index in [1.165, 1.54) is 42.0 Å². The second-order valence-corrected chi connectivity index (χ2v) is 9.68. The van der Waals surface area contributed by atoms with Gasteiger partial charge >= 0.3 is 6.03 Å². The number of hydrogen-bond donors (Lipinski definition) is 1. The summed E-state index contributed by atoms with van der Waals surface area (Å²) >= 11 is 2.10. The first kappa shape index (κ1) is 22.0. The number of amides is 2. The van der Waals surface area contributed by atoms with Crippen molar-refractivity contribution in [2.75, 3.05) is 45.2 Å². The first-order chi connectivity index (χ1) is 14.0. The van der Waals surface area contributed by atoms with Crippen molar-refractivity contribution in [2.45, 2.75) is 31.8 Å². The van der Waals surface area contributed by atoms with E-state index in [0.29, 0.717) is 11.8 Å². The summed E-state index contributed by atoms with van der Waals surface area (Å²) in [6.07, 6.45) is 2.67. The van der Waals surface area contributed by atoms with E-state index in [4.69, 9.17) is 9.90 Å². The van der Waals surface area contributed by atoms with Crippen LogP contribution in [0.2, 0.25) is 0 Å². The Balaban J connectivity index is 0.000000755. The van der Waals surface area contributed by atoms with E-state index >= 15 is 0 Å². The van der Waals surface area contributed by atoms with Crippen molar-refractivity contribution in [3.8, 4) is 0 Å². The molecule has 0 aliphatic carbocycles. The number of benzene rings is 1. The molecule has 0 spiro atoms. The van der Waals surface area contributed by atoms with Gasteiger partial charge in [0.1, 0.15) is 0 Å². The molecule has 6 nitrogen and oxygen atoms in total. The topological polar surface area (TPSA) is 64.1 Å². The van der Waals surface area contributed by atoms with E-state index in [1.54, 1.807) is 4.90 Å². The third-order valence-corrected chi connectivity index (χ3v) is 7.58. The molecule has 3 fully saturated rings. The highest BCUT2D eigenvalue weighted by molar-refractivity contribution is 7.99. The number of thioether (sulfide) groups is 1. The number of aryl methyl sites for hydroxylation is 1. The van der Waals surface area contributed by atoms with Gasteiger partial charge in [-0.1, -0.05) is 24.3 Å². The number of carbonyl (C=O) groups is 2. The maximum Gasteiger partial charge on any atom is 0.320 e. The van der Waals surface area contributed by atoms with Crippen LogP contribution >= 0.6 is 11.8 Å². The number of fused-ring (bicyclic) bond motifs is 1. The van der Waals surface area contributed by atoms with Crippen LogP contribution in [0.15, 0.2) is 24.3 Å². The molecular formula is C22H33N3O3S. The molecule has 0 radical (unpaired) electrons. The SMILES string of the molecule is Cc1ccccc1[C@H]1[C@@H]2CN(C3CCSCC3)C[C@@H]2CN1C(=O)N(C)C.O=CO. The van der Waals surface area contributed by atoms with Gasteiger partial charge in [0, 0.05) is 45.7 Å². The van der Waals surface area contributed by atoms with Crippen LogP contribution in [0.3, 0.4) is 0 Å². The summed E-state index contributed by atoms with van der Waals surface area (Å²) in [4.78, 5) is 27.9. The number of nitrogens with zero attached hydrogens (tertiary/aromatic N) is 3. The minimum atomic E-state index is -0.250. The minimum Gasteiger partial charge on any atom is -0.483 e. The summed E-state index contributed by atoms with van der Waals surface area (Å²) in [5.74, 6) is 3.79. The molecule has 0 bridgehead atoms. The number of urea groups is 1.